The van der Waals surface area contributed by atoms with E-state index in [-0.39, 0.29) is 5.91 Å². The number of amides is 1. The maximum Gasteiger partial charge on any atom is 0.261 e. The monoisotopic (exact) mass is 269 g/mol. The third-order valence-electron chi connectivity index (χ3n) is 2.99. The summed E-state index contributed by atoms with van der Waals surface area (Å²) in [6, 6.07) is 2.03. The number of halogens is 1. The summed E-state index contributed by atoms with van der Waals surface area (Å²) in [6.45, 7) is 6.14. The Bertz CT molecular complexity index is 452. The lowest BCUT2D eigenvalue weighted by Gasteiger charge is -2.16. The van der Waals surface area contributed by atoms with Crippen molar-refractivity contribution in [2.24, 2.45) is 5.92 Å². The van der Waals surface area contributed by atoms with Crippen LogP contribution in [0.15, 0.2) is 17.7 Å². The molecule has 0 radical (unpaired) electrons. The van der Waals surface area contributed by atoms with Crippen LogP contribution >= 0.6 is 22.9 Å². The lowest BCUT2D eigenvalue weighted by atomic mass is 9.90. The fourth-order valence-corrected chi connectivity index (χ4v) is 3.27. The van der Waals surface area contributed by atoms with Gasteiger partial charge in [-0.1, -0.05) is 25.1 Å². The minimum atomic E-state index is -0.0427. The molecule has 1 aliphatic carbocycles. The van der Waals surface area contributed by atoms with E-state index in [1.54, 1.807) is 11.3 Å². The zero-order valence-electron chi connectivity index (χ0n) is 9.88. The zero-order valence-corrected chi connectivity index (χ0v) is 11.5. The molecule has 2 rings (SSSR count). The standard InChI is InChI=1S/C13H16ClNOS/c1-8-3-4-11-10(5-8)6-12(17-11)13(16)15-7-9(2)14/h6,8H,2-5,7H2,1H3,(H,15,16). The van der Waals surface area contributed by atoms with Crippen molar-refractivity contribution >= 4 is 28.8 Å². The van der Waals surface area contributed by atoms with Crippen LogP contribution in [0.25, 0.3) is 0 Å². The molecule has 1 amide bonds. The summed E-state index contributed by atoms with van der Waals surface area (Å²) in [7, 11) is 0. The van der Waals surface area contributed by atoms with Gasteiger partial charge in [-0.15, -0.1) is 11.3 Å². The Morgan fingerprint density at radius 1 is 1.71 bits per heavy atom. The first-order valence-corrected chi connectivity index (χ1v) is 6.98. The van der Waals surface area contributed by atoms with Crippen molar-refractivity contribution in [2.75, 3.05) is 6.54 Å². The number of fused-ring (bicyclic) bond motifs is 1. The fraction of sp³-hybridized carbons (Fsp3) is 0.462. The Morgan fingerprint density at radius 2 is 2.47 bits per heavy atom. The van der Waals surface area contributed by atoms with Crippen molar-refractivity contribution in [3.63, 3.8) is 0 Å². The average molecular weight is 270 g/mol. The Hall–Kier alpha value is -0.800. The first-order valence-electron chi connectivity index (χ1n) is 5.79. The molecule has 0 fully saturated rings. The molecule has 1 aromatic rings. The number of carbonyl (C=O) groups excluding carboxylic acids is 1. The molecule has 1 unspecified atom stereocenters. The van der Waals surface area contributed by atoms with E-state index in [4.69, 9.17) is 11.6 Å². The van der Waals surface area contributed by atoms with E-state index in [0.29, 0.717) is 11.6 Å². The number of carbonyl (C=O) groups is 1. The van der Waals surface area contributed by atoms with Gasteiger partial charge in [0.2, 0.25) is 0 Å². The molecule has 0 spiro atoms. The van der Waals surface area contributed by atoms with E-state index in [1.807, 2.05) is 6.07 Å². The summed E-state index contributed by atoms with van der Waals surface area (Å²) in [5.74, 6) is 0.689. The van der Waals surface area contributed by atoms with E-state index < -0.39 is 0 Å². The maximum absolute atomic E-state index is 11.8. The van der Waals surface area contributed by atoms with Gasteiger partial charge in [0.05, 0.1) is 11.4 Å². The molecule has 1 N–H and O–H groups in total. The van der Waals surface area contributed by atoms with Crippen molar-refractivity contribution < 1.29 is 4.79 Å². The maximum atomic E-state index is 11.8. The first kappa shape index (κ1) is 12.7. The van der Waals surface area contributed by atoms with Gasteiger partial charge in [-0.25, -0.2) is 0 Å². The highest BCUT2D eigenvalue weighted by atomic mass is 35.5. The minimum absolute atomic E-state index is 0.0427. The Kier molecular flexibility index (Phi) is 3.89. The van der Waals surface area contributed by atoms with E-state index in [9.17, 15) is 4.79 Å². The molecule has 0 saturated carbocycles. The van der Waals surface area contributed by atoms with Gasteiger partial charge in [-0.05, 0) is 36.8 Å². The number of hydrogen-bond acceptors (Lipinski definition) is 2. The summed E-state index contributed by atoms with van der Waals surface area (Å²) in [4.78, 5) is 14.0. The smallest absolute Gasteiger partial charge is 0.261 e. The van der Waals surface area contributed by atoms with Crippen molar-refractivity contribution in [2.45, 2.75) is 26.2 Å². The van der Waals surface area contributed by atoms with Crippen LogP contribution < -0.4 is 5.32 Å². The Balaban J connectivity index is 2.07. The Labute approximate surface area is 111 Å². The molecular weight excluding hydrogens is 254 g/mol. The topological polar surface area (TPSA) is 29.1 Å². The van der Waals surface area contributed by atoms with Crippen LogP contribution in [-0.2, 0) is 12.8 Å². The quantitative estimate of drug-likeness (QED) is 0.896. The van der Waals surface area contributed by atoms with Gasteiger partial charge < -0.3 is 5.32 Å². The second-order valence-corrected chi connectivity index (χ2v) is 6.28. The van der Waals surface area contributed by atoms with Gasteiger partial charge in [0.1, 0.15) is 0 Å². The van der Waals surface area contributed by atoms with Gasteiger partial charge in [0, 0.05) is 9.91 Å². The van der Waals surface area contributed by atoms with Gasteiger partial charge in [0.15, 0.2) is 0 Å². The lowest BCUT2D eigenvalue weighted by Crippen LogP contribution is -2.23. The molecule has 4 heteroatoms. The number of thiophene rings is 1. The van der Waals surface area contributed by atoms with Crippen molar-refractivity contribution in [1.82, 2.24) is 5.32 Å². The lowest BCUT2D eigenvalue weighted by molar-refractivity contribution is 0.0961. The SMILES string of the molecule is C=C(Cl)CNC(=O)c1cc2c(s1)CCC(C)C2. The molecule has 92 valence electrons. The van der Waals surface area contributed by atoms with E-state index >= 15 is 0 Å². The summed E-state index contributed by atoms with van der Waals surface area (Å²) in [6.07, 6.45) is 3.44. The number of aryl methyl sites for hydroxylation is 1. The van der Waals surface area contributed by atoms with E-state index in [0.717, 1.165) is 23.6 Å². The molecule has 0 aromatic carbocycles. The van der Waals surface area contributed by atoms with Crippen LogP contribution in [0.5, 0.6) is 0 Å². The average Bonchev–Trinajstić information content (AvgIpc) is 2.68. The molecule has 17 heavy (non-hydrogen) atoms. The molecule has 0 aliphatic heterocycles. The number of hydrogen-bond donors (Lipinski definition) is 1. The highest BCUT2D eigenvalue weighted by molar-refractivity contribution is 7.14. The van der Waals surface area contributed by atoms with E-state index in [2.05, 4.69) is 18.8 Å². The fourth-order valence-electron chi connectivity index (χ4n) is 2.08. The van der Waals surface area contributed by atoms with Crippen molar-refractivity contribution in [3.8, 4) is 0 Å². The van der Waals surface area contributed by atoms with Crippen LogP contribution in [-0.4, -0.2) is 12.5 Å². The third kappa shape index (κ3) is 3.11. The molecule has 0 saturated heterocycles. The normalized spacial score (nSPS) is 18.6. The summed E-state index contributed by atoms with van der Waals surface area (Å²) >= 11 is 7.24. The minimum Gasteiger partial charge on any atom is -0.346 e. The third-order valence-corrected chi connectivity index (χ3v) is 4.36. The zero-order chi connectivity index (χ0) is 12.4. The second-order valence-electron chi connectivity index (χ2n) is 4.61. The van der Waals surface area contributed by atoms with E-state index in [1.165, 1.54) is 16.9 Å². The largest absolute Gasteiger partial charge is 0.346 e. The van der Waals surface area contributed by atoms with Gasteiger partial charge in [0.25, 0.3) is 5.91 Å². The predicted molar refractivity (Wildman–Crippen MR) is 72.8 cm³/mol. The molecule has 1 atom stereocenters. The van der Waals surface area contributed by atoms with Crippen LogP contribution in [0, 0.1) is 5.92 Å². The van der Waals surface area contributed by atoms with Gasteiger partial charge >= 0.3 is 0 Å². The highest BCUT2D eigenvalue weighted by Crippen LogP contribution is 2.32. The number of rotatable bonds is 3. The van der Waals surface area contributed by atoms with Gasteiger partial charge in [-0.3, -0.25) is 4.79 Å². The van der Waals surface area contributed by atoms with Crippen LogP contribution in [0.3, 0.4) is 0 Å². The molecule has 1 heterocycles. The molecule has 1 aliphatic rings. The van der Waals surface area contributed by atoms with Crippen molar-refractivity contribution in [3.05, 3.63) is 33.0 Å². The number of nitrogens with one attached hydrogen (secondary N) is 1. The highest BCUT2D eigenvalue weighted by Gasteiger charge is 2.20. The summed E-state index contributed by atoms with van der Waals surface area (Å²) < 4.78 is 0. The predicted octanol–water partition coefficient (Wildman–Crippen LogP) is 3.36. The summed E-state index contributed by atoms with van der Waals surface area (Å²) in [5, 5.41) is 3.21. The van der Waals surface area contributed by atoms with Gasteiger partial charge in [-0.2, -0.15) is 0 Å². The molecule has 0 bridgehead atoms. The second kappa shape index (κ2) is 5.23. The molecule has 1 aromatic heterocycles. The van der Waals surface area contributed by atoms with Crippen LogP contribution in [0.1, 0.15) is 33.5 Å². The summed E-state index contributed by atoms with van der Waals surface area (Å²) in [5.41, 5.74) is 1.35. The van der Waals surface area contributed by atoms with Crippen molar-refractivity contribution in [1.29, 1.82) is 0 Å². The van der Waals surface area contributed by atoms with Crippen LogP contribution in [0.4, 0.5) is 0 Å². The first-order chi connectivity index (χ1) is 8.06. The molecular formula is C13H16ClNOS. The van der Waals surface area contributed by atoms with Crippen LogP contribution in [0.2, 0.25) is 0 Å². The Morgan fingerprint density at radius 3 is 3.18 bits per heavy atom. The molecule has 2 nitrogen and oxygen atoms in total.